The quantitative estimate of drug-likeness (QED) is 0.769. The van der Waals surface area contributed by atoms with Crippen molar-refractivity contribution in [2.24, 2.45) is 0 Å². The Morgan fingerprint density at radius 3 is 2.92 bits per heavy atom. The van der Waals surface area contributed by atoms with Gasteiger partial charge < -0.3 is 5.11 Å². The Morgan fingerprint density at radius 2 is 2.31 bits per heavy atom. The maximum atomic E-state index is 13.0. The smallest absolute Gasteiger partial charge is 0.144 e. The Kier molecular flexibility index (Phi) is 2.04. The van der Waals surface area contributed by atoms with Crippen LogP contribution >= 0.6 is 0 Å². The van der Waals surface area contributed by atoms with Crippen molar-refractivity contribution in [1.29, 1.82) is 0 Å². The normalized spacial score (nSPS) is 18.6. The largest absolute Gasteiger partial charge is 0.390 e. The van der Waals surface area contributed by atoms with Gasteiger partial charge in [-0.2, -0.15) is 0 Å². The van der Waals surface area contributed by atoms with Gasteiger partial charge in [-0.1, -0.05) is 0 Å². The molecule has 1 heterocycles. The first-order valence-corrected chi connectivity index (χ1v) is 4.50. The lowest BCUT2D eigenvalue weighted by Crippen LogP contribution is -2.08. The van der Waals surface area contributed by atoms with E-state index in [9.17, 15) is 9.50 Å². The highest BCUT2D eigenvalue weighted by Crippen LogP contribution is 2.39. The highest BCUT2D eigenvalue weighted by atomic mass is 19.1. The summed E-state index contributed by atoms with van der Waals surface area (Å²) in [5.74, 6) is -0.272. The van der Waals surface area contributed by atoms with Crippen molar-refractivity contribution in [3.8, 4) is 0 Å². The number of hydrogen-bond acceptors (Lipinski definition) is 2. The van der Waals surface area contributed by atoms with E-state index in [4.69, 9.17) is 0 Å². The van der Waals surface area contributed by atoms with Gasteiger partial charge in [0.25, 0.3) is 0 Å². The average Bonchev–Trinajstić information content (AvgIpc) is 2.83. The molecule has 0 saturated heterocycles. The fraction of sp³-hybridized carbons (Fsp3) is 0.500. The average molecular weight is 181 g/mol. The van der Waals surface area contributed by atoms with Crippen LogP contribution in [-0.4, -0.2) is 15.7 Å². The fourth-order valence-corrected chi connectivity index (χ4v) is 1.37. The topological polar surface area (TPSA) is 33.1 Å². The third-order valence-corrected chi connectivity index (χ3v) is 2.54. The van der Waals surface area contributed by atoms with Crippen molar-refractivity contribution in [2.45, 2.75) is 31.3 Å². The summed E-state index contributed by atoms with van der Waals surface area (Å²) >= 11 is 0. The predicted molar refractivity (Wildman–Crippen MR) is 46.7 cm³/mol. The van der Waals surface area contributed by atoms with Gasteiger partial charge in [0.2, 0.25) is 0 Å². The van der Waals surface area contributed by atoms with Gasteiger partial charge in [0, 0.05) is 6.20 Å². The molecule has 1 aromatic rings. The molecule has 0 unspecified atom stereocenters. The van der Waals surface area contributed by atoms with Gasteiger partial charge in [-0.25, -0.2) is 4.39 Å². The van der Waals surface area contributed by atoms with Crippen molar-refractivity contribution in [3.63, 3.8) is 0 Å². The van der Waals surface area contributed by atoms with E-state index in [1.54, 1.807) is 12.3 Å². The van der Waals surface area contributed by atoms with E-state index in [1.807, 2.05) is 0 Å². The van der Waals surface area contributed by atoms with Gasteiger partial charge in [0.05, 0.1) is 11.8 Å². The van der Waals surface area contributed by atoms with E-state index in [0.29, 0.717) is 18.4 Å². The standard InChI is InChI=1S/C10H12FNO/c11-9-7-12-6-2-8(9)1-3-10(13)4-5-10/h2,6-7,13H,1,3-5H2. The molecule has 3 heteroatoms. The molecule has 1 saturated carbocycles. The van der Waals surface area contributed by atoms with Crippen LogP contribution in [0.25, 0.3) is 0 Å². The second-order valence-electron chi connectivity index (χ2n) is 3.69. The van der Waals surface area contributed by atoms with Crippen LogP contribution < -0.4 is 0 Å². The molecule has 0 bridgehead atoms. The van der Waals surface area contributed by atoms with E-state index in [-0.39, 0.29) is 5.82 Å². The van der Waals surface area contributed by atoms with Gasteiger partial charge in [-0.05, 0) is 37.3 Å². The zero-order chi connectivity index (χ0) is 9.31. The third kappa shape index (κ3) is 2.04. The fourth-order valence-electron chi connectivity index (χ4n) is 1.37. The summed E-state index contributed by atoms with van der Waals surface area (Å²) in [6.07, 6.45) is 5.78. The predicted octanol–water partition coefficient (Wildman–Crippen LogP) is 1.68. The summed E-state index contributed by atoms with van der Waals surface area (Å²) in [4.78, 5) is 3.67. The maximum Gasteiger partial charge on any atom is 0.144 e. The molecule has 1 N–H and O–H groups in total. The van der Waals surface area contributed by atoms with Gasteiger partial charge in [-0.15, -0.1) is 0 Å². The van der Waals surface area contributed by atoms with Gasteiger partial charge in [-0.3, -0.25) is 4.98 Å². The summed E-state index contributed by atoms with van der Waals surface area (Å²) in [6, 6.07) is 1.67. The Hall–Kier alpha value is -0.960. The van der Waals surface area contributed by atoms with Crippen LogP contribution in [0.2, 0.25) is 0 Å². The second kappa shape index (κ2) is 3.07. The van der Waals surface area contributed by atoms with Crippen molar-refractivity contribution in [1.82, 2.24) is 4.98 Å². The Balaban J connectivity index is 1.97. The molecule has 1 aromatic heterocycles. The lowest BCUT2D eigenvalue weighted by Gasteiger charge is -2.06. The molecule has 0 radical (unpaired) electrons. The number of hydrogen-bond donors (Lipinski definition) is 1. The molecule has 0 spiro atoms. The first-order valence-electron chi connectivity index (χ1n) is 4.50. The highest BCUT2D eigenvalue weighted by Gasteiger charge is 2.39. The highest BCUT2D eigenvalue weighted by molar-refractivity contribution is 5.13. The van der Waals surface area contributed by atoms with Crippen LogP contribution in [0.4, 0.5) is 4.39 Å². The molecule has 70 valence electrons. The third-order valence-electron chi connectivity index (χ3n) is 2.54. The van der Waals surface area contributed by atoms with Crippen molar-refractivity contribution < 1.29 is 9.50 Å². The molecule has 0 aromatic carbocycles. The lowest BCUT2D eigenvalue weighted by molar-refractivity contribution is 0.140. The molecule has 1 fully saturated rings. The number of pyridine rings is 1. The number of aliphatic hydroxyl groups is 1. The van der Waals surface area contributed by atoms with Crippen LogP contribution in [0, 0.1) is 5.82 Å². The van der Waals surface area contributed by atoms with E-state index in [1.165, 1.54) is 6.20 Å². The van der Waals surface area contributed by atoms with Crippen molar-refractivity contribution in [2.75, 3.05) is 0 Å². The number of nitrogens with zero attached hydrogens (tertiary/aromatic N) is 1. The van der Waals surface area contributed by atoms with Crippen molar-refractivity contribution in [3.05, 3.63) is 29.8 Å². The Labute approximate surface area is 76.4 Å². The van der Waals surface area contributed by atoms with E-state index in [0.717, 1.165) is 12.8 Å². The first kappa shape index (κ1) is 8.63. The lowest BCUT2D eigenvalue weighted by atomic mass is 10.1. The minimum absolute atomic E-state index is 0.272. The van der Waals surface area contributed by atoms with E-state index >= 15 is 0 Å². The van der Waals surface area contributed by atoms with Crippen molar-refractivity contribution >= 4 is 0 Å². The second-order valence-corrected chi connectivity index (χ2v) is 3.69. The Morgan fingerprint density at radius 1 is 1.54 bits per heavy atom. The minimum Gasteiger partial charge on any atom is -0.390 e. The molecule has 1 aliphatic rings. The zero-order valence-corrected chi connectivity index (χ0v) is 7.33. The molecular formula is C10H12FNO. The number of aromatic nitrogens is 1. The Bertz CT molecular complexity index is 310. The number of aryl methyl sites for hydroxylation is 1. The van der Waals surface area contributed by atoms with E-state index in [2.05, 4.69) is 4.98 Å². The van der Waals surface area contributed by atoms with Crippen LogP contribution in [0.15, 0.2) is 18.5 Å². The van der Waals surface area contributed by atoms with Gasteiger partial charge in [0.1, 0.15) is 5.82 Å². The summed E-state index contributed by atoms with van der Waals surface area (Å²) in [6.45, 7) is 0. The summed E-state index contributed by atoms with van der Waals surface area (Å²) < 4.78 is 13.0. The van der Waals surface area contributed by atoms with Gasteiger partial charge in [0.15, 0.2) is 0 Å². The monoisotopic (exact) mass is 181 g/mol. The molecule has 1 aliphatic carbocycles. The molecular weight excluding hydrogens is 169 g/mol. The molecule has 0 aliphatic heterocycles. The molecule has 2 rings (SSSR count). The SMILES string of the molecule is OC1(CCc2ccncc2F)CC1. The molecule has 2 nitrogen and oxygen atoms in total. The van der Waals surface area contributed by atoms with Crippen LogP contribution in [0.3, 0.4) is 0 Å². The number of rotatable bonds is 3. The maximum absolute atomic E-state index is 13.0. The first-order chi connectivity index (χ1) is 6.20. The zero-order valence-electron chi connectivity index (χ0n) is 7.33. The van der Waals surface area contributed by atoms with Crippen LogP contribution in [-0.2, 0) is 6.42 Å². The molecule has 0 atom stereocenters. The molecule has 13 heavy (non-hydrogen) atoms. The van der Waals surface area contributed by atoms with Crippen LogP contribution in [0.5, 0.6) is 0 Å². The van der Waals surface area contributed by atoms with E-state index < -0.39 is 5.60 Å². The molecule has 0 amide bonds. The van der Waals surface area contributed by atoms with Crippen LogP contribution in [0.1, 0.15) is 24.8 Å². The summed E-state index contributed by atoms with van der Waals surface area (Å²) in [7, 11) is 0. The summed E-state index contributed by atoms with van der Waals surface area (Å²) in [5, 5.41) is 9.54. The number of halogens is 1. The summed E-state index contributed by atoms with van der Waals surface area (Å²) in [5.41, 5.74) is 0.158. The minimum atomic E-state index is -0.490. The van der Waals surface area contributed by atoms with Gasteiger partial charge >= 0.3 is 0 Å².